The Balaban J connectivity index is 2.87. The van der Waals surface area contributed by atoms with Crippen LogP contribution in [0.15, 0.2) is 24.3 Å². The van der Waals surface area contributed by atoms with Gasteiger partial charge in [-0.3, -0.25) is 14.9 Å². The Labute approximate surface area is 118 Å². The molecule has 1 aromatic rings. The van der Waals surface area contributed by atoms with Gasteiger partial charge in [-0.1, -0.05) is 32.9 Å². The molecule has 0 aliphatic rings. The Kier molecular flexibility index (Phi) is 5.21. The highest BCUT2D eigenvalue weighted by Gasteiger charge is 2.25. The maximum atomic E-state index is 12.2. The Morgan fingerprint density at radius 2 is 2.00 bits per heavy atom. The molecule has 0 saturated heterocycles. The van der Waals surface area contributed by atoms with E-state index in [1.807, 2.05) is 20.8 Å². The lowest BCUT2D eigenvalue weighted by molar-refractivity contribution is -0.383. The van der Waals surface area contributed by atoms with E-state index in [0.717, 1.165) is 0 Å². The van der Waals surface area contributed by atoms with Crippen molar-refractivity contribution in [1.29, 1.82) is 0 Å². The van der Waals surface area contributed by atoms with Crippen LogP contribution in [-0.4, -0.2) is 17.4 Å². The summed E-state index contributed by atoms with van der Waals surface area (Å²) < 4.78 is 0. The number of rotatable bonds is 5. The highest BCUT2D eigenvalue weighted by Crippen LogP contribution is 2.27. The molecule has 110 valence electrons. The molecule has 0 aliphatic heterocycles. The van der Waals surface area contributed by atoms with Crippen molar-refractivity contribution in [3.05, 3.63) is 34.4 Å². The monoisotopic (exact) mass is 279 g/mol. The molecular formula is C14H21N3O3. The first-order chi connectivity index (χ1) is 9.24. The van der Waals surface area contributed by atoms with Crippen molar-refractivity contribution in [3.8, 4) is 0 Å². The van der Waals surface area contributed by atoms with Gasteiger partial charge in [0.15, 0.2) is 0 Å². The topological polar surface area (TPSA) is 98.3 Å². The zero-order chi connectivity index (χ0) is 15.3. The van der Waals surface area contributed by atoms with E-state index in [2.05, 4.69) is 5.32 Å². The standard InChI is InChI=1S/C14H21N3O3/c1-14(2,3)8-10(9-15)13(18)16-11-6-4-5-7-12(11)17(19)20/h4-7,10H,8-9,15H2,1-3H3,(H,16,18). The van der Waals surface area contributed by atoms with E-state index in [1.54, 1.807) is 12.1 Å². The lowest BCUT2D eigenvalue weighted by Gasteiger charge is -2.24. The number of nitro groups is 1. The summed E-state index contributed by atoms with van der Waals surface area (Å²) in [5, 5.41) is 13.5. The molecule has 20 heavy (non-hydrogen) atoms. The number of nitrogens with two attached hydrogens (primary N) is 1. The van der Waals surface area contributed by atoms with E-state index in [-0.39, 0.29) is 35.2 Å². The molecule has 0 spiro atoms. The first-order valence-corrected chi connectivity index (χ1v) is 6.49. The summed E-state index contributed by atoms with van der Waals surface area (Å²) in [6, 6.07) is 6.07. The number of hydrogen-bond donors (Lipinski definition) is 2. The molecule has 6 nitrogen and oxygen atoms in total. The van der Waals surface area contributed by atoms with Crippen molar-refractivity contribution in [3.63, 3.8) is 0 Å². The van der Waals surface area contributed by atoms with Crippen LogP contribution in [-0.2, 0) is 4.79 Å². The van der Waals surface area contributed by atoms with Gasteiger partial charge in [0.25, 0.3) is 5.69 Å². The molecule has 1 amide bonds. The Bertz CT molecular complexity index is 495. The van der Waals surface area contributed by atoms with Gasteiger partial charge in [-0.2, -0.15) is 0 Å². The lowest BCUT2D eigenvalue weighted by atomic mass is 9.84. The van der Waals surface area contributed by atoms with Gasteiger partial charge >= 0.3 is 0 Å². The third-order valence-electron chi connectivity index (χ3n) is 2.87. The van der Waals surface area contributed by atoms with Crippen LogP contribution >= 0.6 is 0 Å². The molecule has 0 radical (unpaired) electrons. The van der Waals surface area contributed by atoms with Gasteiger partial charge in [0, 0.05) is 12.6 Å². The molecule has 0 fully saturated rings. The third kappa shape index (κ3) is 4.62. The molecule has 1 aromatic carbocycles. The van der Waals surface area contributed by atoms with Crippen molar-refractivity contribution in [2.24, 2.45) is 17.1 Å². The number of nitrogens with one attached hydrogen (secondary N) is 1. The lowest BCUT2D eigenvalue weighted by Crippen LogP contribution is -2.32. The van der Waals surface area contributed by atoms with Gasteiger partial charge in [0.05, 0.1) is 10.8 Å². The van der Waals surface area contributed by atoms with Crippen LogP contribution < -0.4 is 11.1 Å². The molecule has 1 rings (SSSR count). The zero-order valence-electron chi connectivity index (χ0n) is 12.1. The normalized spacial score (nSPS) is 12.8. The Morgan fingerprint density at radius 3 is 2.50 bits per heavy atom. The van der Waals surface area contributed by atoms with Gasteiger partial charge in [0.2, 0.25) is 5.91 Å². The zero-order valence-corrected chi connectivity index (χ0v) is 12.1. The second-order valence-corrected chi connectivity index (χ2v) is 5.96. The fraction of sp³-hybridized carbons (Fsp3) is 0.500. The second kappa shape index (κ2) is 6.47. The summed E-state index contributed by atoms with van der Waals surface area (Å²) in [5.74, 6) is -0.647. The number of amides is 1. The van der Waals surface area contributed by atoms with Gasteiger partial charge in [0.1, 0.15) is 5.69 Å². The van der Waals surface area contributed by atoms with Crippen molar-refractivity contribution >= 4 is 17.3 Å². The smallest absolute Gasteiger partial charge is 0.292 e. The average Bonchev–Trinajstić information content (AvgIpc) is 2.35. The van der Waals surface area contributed by atoms with Gasteiger partial charge in [-0.05, 0) is 17.9 Å². The first kappa shape index (κ1) is 16.1. The molecule has 0 heterocycles. The van der Waals surface area contributed by atoms with Crippen molar-refractivity contribution in [1.82, 2.24) is 0 Å². The van der Waals surface area contributed by atoms with Gasteiger partial charge in [-0.25, -0.2) is 0 Å². The predicted molar refractivity (Wildman–Crippen MR) is 78.3 cm³/mol. The minimum Gasteiger partial charge on any atom is -0.330 e. The molecule has 6 heteroatoms. The number of para-hydroxylation sites is 2. The van der Waals surface area contributed by atoms with Crippen LogP contribution in [0.4, 0.5) is 11.4 Å². The first-order valence-electron chi connectivity index (χ1n) is 6.49. The summed E-state index contributed by atoms with van der Waals surface area (Å²) in [6.45, 7) is 6.28. The minimum absolute atomic E-state index is 0.0377. The third-order valence-corrected chi connectivity index (χ3v) is 2.87. The van der Waals surface area contributed by atoms with Crippen molar-refractivity contribution in [2.45, 2.75) is 27.2 Å². The summed E-state index contributed by atoms with van der Waals surface area (Å²) in [6.07, 6.45) is 0.621. The number of carbonyl (C=O) groups excluding carboxylic acids is 1. The van der Waals surface area contributed by atoms with E-state index >= 15 is 0 Å². The second-order valence-electron chi connectivity index (χ2n) is 5.96. The number of carbonyl (C=O) groups is 1. The number of nitrogens with zero attached hydrogens (tertiary/aromatic N) is 1. The van der Waals surface area contributed by atoms with E-state index in [9.17, 15) is 14.9 Å². The molecule has 0 aromatic heterocycles. The average molecular weight is 279 g/mol. The van der Waals surface area contributed by atoms with Crippen LogP contribution in [0.3, 0.4) is 0 Å². The maximum Gasteiger partial charge on any atom is 0.292 e. The van der Waals surface area contributed by atoms with E-state index in [0.29, 0.717) is 6.42 Å². The molecule has 0 bridgehead atoms. The van der Waals surface area contributed by atoms with E-state index in [1.165, 1.54) is 12.1 Å². The molecule has 1 unspecified atom stereocenters. The number of nitro benzene ring substituents is 1. The molecule has 0 aliphatic carbocycles. The van der Waals surface area contributed by atoms with Crippen LogP contribution in [0.25, 0.3) is 0 Å². The van der Waals surface area contributed by atoms with Crippen LogP contribution in [0.1, 0.15) is 27.2 Å². The SMILES string of the molecule is CC(C)(C)CC(CN)C(=O)Nc1ccccc1[N+](=O)[O-]. The van der Waals surface area contributed by atoms with Gasteiger partial charge in [-0.15, -0.1) is 0 Å². The minimum atomic E-state index is -0.517. The fourth-order valence-corrected chi connectivity index (χ4v) is 2.00. The van der Waals surface area contributed by atoms with E-state index in [4.69, 9.17) is 5.73 Å². The molecule has 1 atom stereocenters. The van der Waals surface area contributed by atoms with Crippen LogP contribution in [0.2, 0.25) is 0 Å². The Hall–Kier alpha value is -1.95. The predicted octanol–water partition coefficient (Wildman–Crippen LogP) is 2.54. The summed E-state index contributed by atoms with van der Waals surface area (Å²) >= 11 is 0. The highest BCUT2D eigenvalue weighted by atomic mass is 16.6. The van der Waals surface area contributed by atoms with Crippen molar-refractivity contribution < 1.29 is 9.72 Å². The summed E-state index contributed by atoms with van der Waals surface area (Å²) in [4.78, 5) is 22.6. The maximum absolute atomic E-state index is 12.2. The summed E-state index contributed by atoms with van der Waals surface area (Å²) in [5.41, 5.74) is 5.69. The van der Waals surface area contributed by atoms with Crippen LogP contribution in [0.5, 0.6) is 0 Å². The fourth-order valence-electron chi connectivity index (χ4n) is 2.00. The highest BCUT2D eigenvalue weighted by molar-refractivity contribution is 5.94. The number of anilines is 1. The molecule has 0 saturated carbocycles. The molecular weight excluding hydrogens is 258 g/mol. The Morgan fingerprint density at radius 1 is 1.40 bits per heavy atom. The van der Waals surface area contributed by atoms with Crippen LogP contribution in [0, 0.1) is 21.4 Å². The van der Waals surface area contributed by atoms with Gasteiger partial charge < -0.3 is 11.1 Å². The number of benzene rings is 1. The van der Waals surface area contributed by atoms with E-state index < -0.39 is 4.92 Å². The van der Waals surface area contributed by atoms with Crippen molar-refractivity contribution in [2.75, 3.05) is 11.9 Å². The number of hydrogen-bond acceptors (Lipinski definition) is 4. The summed E-state index contributed by atoms with van der Waals surface area (Å²) in [7, 11) is 0. The quantitative estimate of drug-likeness (QED) is 0.639. The molecule has 3 N–H and O–H groups in total. The largest absolute Gasteiger partial charge is 0.330 e.